The smallest absolute Gasteiger partial charge is 0.133 e. The molecule has 0 aromatic carbocycles. The van der Waals surface area contributed by atoms with Gasteiger partial charge in [0.15, 0.2) is 0 Å². The largest absolute Gasteiger partial charge is 0.355 e. The number of rotatable bonds is 2. The summed E-state index contributed by atoms with van der Waals surface area (Å²) in [6.07, 6.45) is 5.79. The maximum Gasteiger partial charge on any atom is 0.133 e. The Labute approximate surface area is 115 Å². The summed E-state index contributed by atoms with van der Waals surface area (Å²) in [5.41, 5.74) is 7.26. The van der Waals surface area contributed by atoms with E-state index in [1.165, 1.54) is 37.9 Å². The van der Waals surface area contributed by atoms with Crippen molar-refractivity contribution in [3.05, 3.63) is 23.9 Å². The molecule has 0 radical (unpaired) electrons. The zero-order valence-corrected chi connectivity index (χ0v) is 11.8. The summed E-state index contributed by atoms with van der Waals surface area (Å²) in [6, 6.07) is 4.86. The van der Waals surface area contributed by atoms with Crippen LogP contribution in [0.3, 0.4) is 0 Å². The molecular formula is C15H24N4. The van der Waals surface area contributed by atoms with E-state index in [4.69, 9.17) is 5.73 Å². The topological polar surface area (TPSA) is 45.4 Å². The molecule has 1 aromatic rings. The van der Waals surface area contributed by atoms with Crippen LogP contribution in [0.4, 0.5) is 5.82 Å². The van der Waals surface area contributed by atoms with Crippen LogP contribution in [0.25, 0.3) is 0 Å². The van der Waals surface area contributed by atoms with Crippen LogP contribution < -0.4 is 10.6 Å². The first-order valence-electron chi connectivity index (χ1n) is 7.45. The molecule has 0 saturated carbocycles. The van der Waals surface area contributed by atoms with Crippen molar-refractivity contribution in [1.29, 1.82) is 0 Å². The van der Waals surface area contributed by atoms with Gasteiger partial charge in [-0.1, -0.05) is 6.07 Å². The van der Waals surface area contributed by atoms with E-state index in [1.54, 1.807) is 0 Å². The summed E-state index contributed by atoms with van der Waals surface area (Å²) in [5, 5.41) is 0. The van der Waals surface area contributed by atoms with Crippen LogP contribution in [0, 0.1) is 0 Å². The molecule has 104 valence electrons. The summed E-state index contributed by atoms with van der Waals surface area (Å²) >= 11 is 0. The first-order valence-corrected chi connectivity index (χ1v) is 7.45. The number of hydrogen-bond acceptors (Lipinski definition) is 4. The molecule has 0 amide bonds. The first-order chi connectivity index (χ1) is 9.25. The fraction of sp³-hybridized carbons (Fsp3) is 0.667. The van der Waals surface area contributed by atoms with Gasteiger partial charge in [-0.05, 0) is 38.8 Å². The van der Waals surface area contributed by atoms with Gasteiger partial charge in [0.05, 0.1) is 0 Å². The maximum absolute atomic E-state index is 6.09. The minimum absolute atomic E-state index is 0.0478. The van der Waals surface area contributed by atoms with Gasteiger partial charge in [0, 0.05) is 43.5 Å². The summed E-state index contributed by atoms with van der Waals surface area (Å²) < 4.78 is 0. The number of pyridine rings is 1. The van der Waals surface area contributed by atoms with E-state index in [-0.39, 0.29) is 6.04 Å². The fourth-order valence-electron chi connectivity index (χ4n) is 3.43. The van der Waals surface area contributed by atoms with Gasteiger partial charge in [0.2, 0.25) is 0 Å². The molecule has 0 bridgehead atoms. The van der Waals surface area contributed by atoms with Crippen molar-refractivity contribution < 1.29 is 0 Å². The Morgan fingerprint density at radius 1 is 1.32 bits per heavy atom. The van der Waals surface area contributed by atoms with Gasteiger partial charge in [0.1, 0.15) is 5.82 Å². The minimum Gasteiger partial charge on any atom is -0.355 e. The van der Waals surface area contributed by atoms with Crippen molar-refractivity contribution in [1.82, 2.24) is 9.88 Å². The predicted molar refractivity (Wildman–Crippen MR) is 78.3 cm³/mol. The van der Waals surface area contributed by atoms with Gasteiger partial charge in [0.25, 0.3) is 0 Å². The van der Waals surface area contributed by atoms with Crippen LogP contribution in [0.1, 0.15) is 37.8 Å². The monoisotopic (exact) mass is 260 g/mol. The second-order valence-electron chi connectivity index (χ2n) is 5.84. The zero-order valence-electron chi connectivity index (χ0n) is 11.8. The van der Waals surface area contributed by atoms with Gasteiger partial charge < -0.3 is 10.6 Å². The van der Waals surface area contributed by atoms with Crippen molar-refractivity contribution in [3.63, 3.8) is 0 Å². The molecular weight excluding hydrogens is 236 g/mol. The Hall–Kier alpha value is -1.13. The van der Waals surface area contributed by atoms with E-state index < -0.39 is 0 Å². The van der Waals surface area contributed by atoms with Gasteiger partial charge in [-0.3, -0.25) is 4.90 Å². The number of nitrogens with zero attached hydrogens (tertiary/aromatic N) is 3. The summed E-state index contributed by atoms with van der Waals surface area (Å²) in [6.45, 7) is 6.77. The molecule has 1 unspecified atom stereocenters. The number of hydrogen-bond donors (Lipinski definition) is 1. The van der Waals surface area contributed by atoms with Crippen molar-refractivity contribution in [2.75, 3.05) is 31.1 Å². The van der Waals surface area contributed by atoms with Crippen LogP contribution >= 0.6 is 0 Å². The number of nitrogens with two attached hydrogens (primary N) is 1. The van der Waals surface area contributed by atoms with Crippen molar-refractivity contribution >= 4 is 5.82 Å². The van der Waals surface area contributed by atoms with Gasteiger partial charge in [-0.15, -0.1) is 0 Å². The Balaban J connectivity index is 1.85. The summed E-state index contributed by atoms with van der Waals surface area (Å²) in [5.74, 6) is 1.10. The second kappa shape index (κ2) is 5.47. The van der Waals surface area contributed by atoms with Crippen LogP contribution in [0.2, 0.25) is 0 Å². The Bertz CT molecular complexity index is 432. The molecule has 2 N–H and O–H groups in total. The second-order valence-corrected chi connectivity index (χ2v) is 5.84. The molecule has 2 aliphatic rings. The van der Waals surface area contributed by atoms with Crippen LogP contribution in [0.15, 0.2) is 18.3 Å². The highest BCUT2D eigenvalue weighted by atomic mass is 15.3. The third-order valence-electron chi connectivity index (χ3n) is 4.41. The first kappa shape index (κ1) is 12.9. The van der Waals surface area contributed by atoms with Gasteiger partial charge in [-0.2, -0.15) is 0 Å². The third kappa shape index (κ3) is 2.60. The molecule has 3 rings (SSSR count). The van der Waals surface area contributed by atoms with E-state index >= 15 is 0 Å². The molecule has 0 aliphatic carbocycles. The zero-order chi connectivity index (χ0) is 13.2. The van der Waals surface area contributed by atoms with Crippen molar-refractivity contribution in [3.8, 4) is 0 Å². The molecule has 4 heteroatoms. The average molecular weight is 260 g/mol. The lowest BCUT2D eigenvalue weighted by Gasteiger charge is -2.28. The fourth-order valence-corrected chi connectivity index (χ4v) is 3.43. The quantitative estimate of drug-likeness (QED) is 0.880. The number of fused-ring (bicyclic) bond motifs is 1. The molecule has 1 aromatic heterocycles. The molecule has 4 nitrogen and oxygen atoms in total. The van der Waals surface area contributed by atoms with Crippen molar-refractivity contribution in [2.24, 2.45) is 5.73 Å². The molecule has 2 atom stereocenters. The number of anilines is 1. The molecule has 2 saturated heterocycles. The average Bonchev–Trinajstić information content (AvgIpc) is 2.76. The van der Waals surface area contributed by atoms with E-state index in [0.717, 1.165) is 18.9 Å². The predicted octanol–water partition coefficient (Wildman–Crippen LogP) is 1.78. The highest BCUT2D eigenvalue weighted by molar-refractivity contribution is 5.48. The Morgan fingerprint density at radius 2 is 2.16 bits per heavy atom. The maximum atomic E-state index is 6.09. The van der Waals surface area contributed by atoms with Crippen LogP contribution in [-0.2, 0) is 0 Å². The lowest BCUT2D eigenvalue weighted by atomic mass is 10.1. The minimum atomic E-state index is 0.0478. The van der Waals surface area contributed by atoms with E-state index in [9.17, 15) is 0 Å². The van der Waals surface area contributed by atoms with Gasteiger partial charge >= 0.3 is 0 Å². The number of aromatic nitrogens is 1. The Kier molecular flexibility index (Phi) is 3.71. The highest BCUT2D eigenvalue weighted by Crippen LogP contribution is 2.27. The van der Waals surface area contributed by atoms with Crippen LogP contribution in [0.5, 0.6) is 0 Å². The lowest BCUT2D eigenvalue weighted by Crippen LogP contribution is -2.37. The van der Waals surface area contributed by atoms with E-state index in [1.807, 2.05) is 19.2 Å². The molecule has 19 heavy (non-hydrogen) atoms. The lowest BCUT2D eigenvalue weighted by molar-refractivity contribution is 0.273. The standard InChI is InChI=1S/C15H24N4/c1-12(16)14-6-2-7-17-15(14)19-10-4-9-18-8-3-5-13(18)11-19/h2,6-7,12-13H,3-5,8-11,16H2,1H3/t12-,13?/m1/s1. The van der Waals surface area contributed by atoms with Crippen LogP contribution in [-0.4, -0.2) is 42.1 Å². The van der Waals surface area contributed by atoms with E-state index in [2.05, 4.69) is 20.9 Å². The van der Waals surface area contributed by atoms with E-state index in [0.29, 0.717) is 6.04 Å². The molecule has 3 heterocycles. The molecule has 2 fully saturated rings. The molecule has 2 aliphatic heterocycles. The third-order valence-corrected chi connectivity index (χ3v) is 4.41. The normalized spacial score (nSPS) is 26.0. The van der Waals surface area contributed by atoms with Gasteiger partial charge in [-0.25, -0.2) is 4.98 Å². The summed E-state index contributed by atoms with van der Waals surface area (Å²) in [4.78, 5) is 9.71. The summed E-state index contributed by atoms with van der Waals surface area (Å²) in [7, 11) is 0. The highest BCUT2D eigenvalue weighted by Gasteiger charge is 2.29. The van der Waals surface area contributed by atoms with Crippen molar-refractivity contribution in [2.45, 2.75) is 38.3 Å². The Morgan fingerprint density at radius 3 is 3.00 bits per heavy atom. The SMILES string of the molecule is C[C@@H](N)c1cccnc1N1CCCN2CCCC2C1. The molecule has 0 spiro atoms.